The molecule has 0 radical (unpaired) electrons. The molecule has 0 atom stereocenters. The minimum absolute atomic E-state index is 0.0502. The normalized spacial score (nSPS) is 11.2. The zero-order chi connectivity index (χ0) is 14.3. The molecule has 0 saturated heterocycles. The number of aromatic nitrogens is 3. The fourth-order valence-electron chi connectivity index (χ4n) is 2.02. The van der Waals surface area contributed by atoms with E-state index in [0.717, 1.165) is 11.1 Å². The summed E-state index contributed by atoms with van der Waals surface area (Å²) in [6, 6.07) is 7.19. The molecule has 2 heterocycles. The van der Waals surface area contributed by atoms with Gasteiger partial charge in [0.25, 0.3) is 0 Å². The lowest BCUT2D eigenvalue weighted by Gasteiger charge is -2.02. The van der Waals surface area contributed by atoms with Crippen LogP contribution in [0.1, 0.15) is 0 Å². The molecule has 0 fully saturated rings. The average Bonchev–Trinajstić information content (AvgIpc) is 2.73. The molecular weight excluding hydrogens is 367 g/mol. The first-order valence-corrected chi connectivity index (χ1v) is 7.33. The maximum absolute atomic E-state index is 13.2. The molecule has 0 aliphatic heterocycles. The summed E-state index contributed by atoms with van der Waals surface area (Å²) in [5, 5.41) is 1.23. The summed E-state index contributed by atoms with van der Waals surface area (Å²) in [7, 11) is 0. The number of anilines is 1. The molecule has 20 heavy (non-hydrogen) atoms. The van der Waals surface area contributed by atoms with E-state index in [0.29, 0.717) is 26.5 Å². The summed E-state index contributed by atoms with van der Waals surface area (Å²) in [4.78, 5) is 8.07. The average molecular weight is 374 g/mol. The van der Waals surface area contributed by atoms with Crippen LogP contribution in [0.4, 0.5) is 9.70 Å². The molecule has 0 amide bonds. The Bertz CT molecular complexity index is 790. The standard InChI is InChI=1S/C12H7BrClFN4S/c13-10-8(6-1-3-7(14)4-2-6)9-11(16)17-5-18-12(9)19(10)20-15/h1-5H,(H2,16,17,18). The lowest BCUT2D eigenvalue weighted by Crippen LogP contribution is -1.93. The van der Waals surface area contributed by atoms with E-state index in [1.165, 1.54) is 10.3 Å². The van der Waals surface area contributed by atoms with E-state index in [4.69, 9.17) is 17.3 Å². The van der Waals surface area contributed by atoms with Gasteiger partial charge >= 0.3 is 0 Å². The highest BCUT2D eigenvalue weighted by Gasteiger charge is 2.21. The number of hydrogen-bond acceptors (Lipinski definition) is 4. The van der Waals surface area contributed by atoms with Crippen molar-refractivity contribution in [3.8, 4) is 11.1 Å². The van der Waals surface area contributed by atoms with Crippen LogP contribution in [0.3, 0.4) is 0 Å². The van der Waals surface area contributed by atoms with Gasteiger partial charge < -0.3 is 5.73 Å². The van der Waals surface area contributed by atoms with Crippen LogP contribution < -0.4 is 5.73 Å². The first-order valence-electron chi connectivity index (χ1n) is 5.49. The van der Waals surface area contributed by atoms with E-state index in [-0.39, 0.29) is 12.3 Å². The summed E-state index contributed by atoms with van der Waals surface area (Å²) in [5.41, 5.74) is 7.92. The van der Waals surface area contributed by atoms with Gasteiger partial charge in [-0.3, -0.25) is 0 Å². The van der Waals surface area contributed by atoms with Crippen LogP contribution in [0, 0.1) is 0 Å². The molecule has 2 aromatic heterocycles. The van der Waals surface area contributed by atoms with Gasteiger partial charge in [-0.05, 0) is 33.6 Å². The Labute approximate surface area is 131 Å². The number of hydrogen-bond donors (Lipinski definition) is 1. The Balaban J connectivity index is 2.40. The molecule has 8 heteroatoms. The van der Waals surface area contributed by atoms with Crippen LogP contribution >= 0.6 is 39.9 Å². The largest absolute Gasteiger partial charge is 0.383 e. The van der Waals surface area contributed by atoms with E-state index in [1.54, 1.807) is 12.1 Å². The number of nitrogens with two attached hydrogens (primary N) is 1. The van der Waals surface area contributed by atoms with Crippen LogP contribution in [0.15, 0.2) is 35.2 Å². The Morgan fingerprint density at radius 2 is 1.95 bits per heavy atom. The third-order valence-electron chi connectivity index (χ3n) is 2.89. The zero-order valence-corrected chi connectivity index (χ0v) is 13.0. The molecule has 3 rings (SSSR count). The molecule has 0 spiro atoms. The van der Waals surface area contributed by atoms with E-state index >= 15 is 0 Å². The van der Waals surface area contributed by atoms with Crippen LogP contribution in [-0.4, -0.2) is 13.9 Å². The van der Waals surface area contributed by atoms with Gasteiger partial charge in [0.05, 0.1) is 5.39 Å². The molecule has 0 aliphatic rings. The van der Waals surface area contributed by atoms with Crippen molar-refractivity contribution in [2.75, 3.05) is 5.73 Å². The lowest BCUT2D eigenvalue weighted by molar-refractivity contribution is 0.916. The highest BCUT2D eigenvalue weighted by Crippen LogP contribution is 2.41. The van der Waals surface area contributed by atoms with Crippen LogP contribution in [0.25, 0.3) is 22.2 Å². The topological polar surface area (TPSA) is 56.7 Å². The summed E-state index contributed by atoms with van der Waals surface area (Å²) >= 11 is 9.33. The van der Waals surface area contributed by atoms with E-state index < -0.39 is 0 Å². The van der Waals surface area contributed by atoms with Gasteiger partial charge in [-0.25, -0.2) is 13.9 Å². The summed E-state index contributed by atoms with van der Waals surface area (Å²) in [6.07, 6.45) is 1.31. The maximum atomic E-state index is 13.2. The van der Waals surface area contributed by atoms with Crippen LogP contribution in [0.2, 0.25) is 5.02 Å². The second-order valence-electron chi connectivity index (χ2n) is 3.99. The molecule has 102 valence electrons. The minimum Gasteiger partial charge on any atom is -0.383 e. The van der Waals surface area contributed by atoms with E-state index in [9.17, 15) is 3.89 Å². The van der Waals surface area contributed by atoms with Crippen molar-refractivity contribution in [3.63, 3.8) is 0 Å². The molecule has 0 saturated carbocycles. The molecule has 4 nitrogen and oxygen atoms in total. The quantitative estimate of drug-likeness (QED) is 0.719. The Hall–Kier alpha value is -1.31. The number of fused-ring (bicyclic) bond motifs is 1. The molecular formula is C12H7BrClFN4S. The smallest absolute Gasteiger partial charge is 0.172 e. The summed E-state index contributed by atoms with van der Waals surface area (Å²) in [6.45, 7) is 0. The highest BCUT2D eigenvalue weighted by molar-refractivity contribution is 9.10. The van der Waals surface area contributed by atoms with Crippen molar-refractivity contribution in [3.05, 3.63) is 40.2 Å². The number of nitrogen functional groups attached to an aromatic ring is 1. The predicted molar refractivity (Wildman–Crippen MR) is 84.2 cm³/mol. The second-order valence-corrected chi connectivity index (χ2v) is 5.68. The van der Waals surface area contributed by atoms with Gasteiger partial charge in [0, 0.05) is 10.6 Å². The molecule has 3 aromatic rings. The molecule has 0 unspecified atom stereocenters. The molecule has 2 N–H and O–H groups in total. The predicted octanol–water partition coefficient (Wildman–Crippen LogP) is 4.48. The monoisotopic (exact) mass is 372 g/mol. The Morgan fingerprint density at radius 3 is 2.60 bits per heavy atom. The summed E-state index contributed by atoms with van der Waals surface area (Å²) < 4.78 is 15.0. The lowest BCUT2D eigenvalue weighted by atomic mass is 10.1. The third-order valence-corrected chi connectivity index (χ3v) is 4.62. The van der Waals surface area contributed by atoms with Gasteiger partial charge in [0.1, 0.15) is 16.7 Å². The molecule has 1 aromatic carbocycles. The maximum Gasteiger partial charge on any atom is 0.172 e. The van der Waals surface area contributed by atoms with Crippen molar-refractivity contribution in [1.82, 2.24) is 13.9 Å². The number of benzene rings is 1. The van der Waals surface area contributed by atoms with Crippen molar-refractivity contribution < 1.29 is 3.89 Å². The number of halogens is 3. The Kier molecular flexibility index (Phi) is 3.57. The van der Waals surface area contributed by atoms with Crippen LogP contribution in [0.5, 0.6) is 0 Å². The molecule has 0 bridgehead atoms. The zero-order valence-electron chi connectivity index (χ0n) is 9.85. The van der Waals surface area contributed by atoms with Crippen molar-refractivity contribution >= 4 is 56.7 Å². The minimum atomic E-state index is 0.0502. The number of rotatable bonds is 2. The highest BCUT2D eigenvalue weighted by atomic mass is 79.9. The van der Waals surface area contributed by atoms with Gasteiger partial charge in [-0.1, -0.05) is 23.7 Å². The van der Waals surface area contributed by atoms with Gasteiger partial charge in [0.2, 0.25) is 0 Å². The van der Waals surface area contributed by atoms with E-state index in [1.807, 2.05) is 12.1 Å². The fourth-order valence-corrected chi connectivity index (χ4v) is 3.26. The van der Waals surface area contributed by atoms with Crippen molar-refractivity contribution in [2.24, 2.45) is 0 Å². The van der Waals surface area contributed by atoms with Crippen molar-refractivity contribution in [2.45, 2.75) is 0 Å². The van der Waals surface area contributed by atoms with E-state index in [2.05, 4.69) is 25.9 Å². The Morgan fingerprint density at radius 1 is 1.25 bits per heavy atom. The van der Waals surface area contributed by atoms with Crippen molar-refractivity contribution in [1.29, 1.82) is 0 Å². The fraction of sp³-hybridized carbons (Fsp3) is 0. The number of nitrogens with zero attached hydrogens (tertiary/aromatic N) is 3. The second kappa shape index (κ2) is 5.23. The van der Waals surface area contributed by atoms with Gasteiger partial charge in [-0.2, -0.15) is 0 Å². The van der Waals surface area contributed by atoms with Crippen LogP contribution in [-0.2, 0) is 0 Å². The SMILES string of the molecule is Nc1ncnc2c1c(-c1ccc(Cl)cc1)c(Br)n2SF. The first kappa shape index (κ1) is 13.7. The third kappa shape index (κ3) is 2.06. The molecule has 0 aliphatic carbocycles. The summed E-state index contributed by atoms with van der Waals surface area (Å²) in [5.74, 6) is 0.299. The van der Waals surface area contributed by atoms with Gasteiger partial charge in [0.15, 0.2) is 18.0 Å². The van der Waals surface area contributed by atoms with Gasteiger partial charge in [-0.15, -0.1) is 3.89 Å². The first-order chi connectivity index (χ1) is 9.63.